The largest absolute Gasteiger partial charge is 1.00 e. The number of ether oxygens (including phenoxy) is 2. The average molecular weight is 736 g/mol. The van der Waals surface area contributed by atoms with E-state index in [2.05, 4.69) is 63.7 Å². The van der Waals surface area contributed by atoms with Crippen molar-refractivity contribution in [2.24, 2.45) is 0 Å². The Labute approximate surface area is 271 Å². The number of rotatable bonds is 1. The van der Waals surface area contributed by atoms with Crippen LogP contribution in [0, 0.1) is 0 Å². The second-order valence-electron chi connectivity index (χ2n) is 6.98. The number of esters is 1. The van der Waals surface area contributed by atoms with Crippen LogP contribution < -0.4 is 79.2 Å². The molecule has 3 aromatic rings. The molecule has 162 valence electrons. The normalized spacial score (nSPS) is 14.1. The van der Waals surface area contributed by atoms with E-state index >= 15 is 0 Å². The number of carbonyl (C=O) groups is 2. The Hall–Kier alpha value is -0.0800. The predicted octanol–water partition coefficient (Wildman–Crippen LogP) is -2.06. The van der Waals surface area contributed by atoms with E-state index < -0.39 is 29.0 Å². The summed E-state index contributed by atoms with van der Waals surface area (Å²) in [5.74, 6) is -2.93. The minimum atomic E-state index is -1.70. The standard InChI is InChI=1S/C21H8Br4O7.2Na/c22-11-4-9-17(13(24)15(11)26)31-18-10(5-12(23)16(27)14(18)25)21(9)8-3-6(19(28)29)1-2-7(8)20(30)32-21;;/h1-5,26-27H,(H,28,29);;/q;2*+1/p-2. The summed E-state index contributed by atoms with van der Waals surface area (Å²) in [5.41, 5.74) is -0.992. The van der Waals surface area contributed by atoms with E-state index in [1.165, 1.54) is 30.3 Å². The zero-order valence-corrected chi connectivity index (χ0v) is 27.6. The maximum atomic E-state index is 12.9. The van der Waals surface area contributed by atoms with Crippen LogP contribution in [0.4, 0.5) is 0 Å². The third kappa shape index (κ3) is 3.95. The molecule has 13 heteroatoms. The Morgan fingerprint density at radius 3 is 1.82 bits per heavy atom. The van der Waals surface area contributed by atoms with Crippen LogP contribution in [-0.2, 0) is 10.3 Å². The molecular formula is C21H6Br4Na2O7. The van der Waals surface area contributed by atoms with Crippen LogP contribution in [0.3, 0.4) is 0 Å². The Morgan fingerprint density at radius 2 is 1.35 bits per heavy atom. The van der Waals surface area contributed by atoms with Gasteiger partial charge in [0.25, 0.3) is 0 Å². The average Bonchev–Trinajstić information content (AvgIpc) is 3.05. The van der Waals surface area contributed by atoms with E-state index in [4.69, 9.17) is 9.47 Å². The van der Waals surface area contributed by atoms with Crippen LogP contribution in [0.15, 0.2) is 48.2 Å². The van der Waals surface area contributed by atoms with Crippen LogP contribution >= 0.6 is 63.7 Å². The van der Waals surface area contributed by atoms with E-state index in [-0.39, 0.29) is 118 Å². The molecule has 0 saturated carbocycles. The predicted molar refractivity (Wildman–Crippen MR) is 120 cm³/mol. The number of carbonyl (C=O) groups excluding carboxylic acids is 2. The molecule has 0 fully saturated rings. The Kier molecular flexibility index (Phi) is 8.38. The summed E-state index contributed by atoms with van der Waals surface area (Å²) in [6.45, 7) is 0. The molecule has 0 saturated heterocycles. The van der Waals surface area contributed by atoms with Crippen LogP contribution in [0.2, 0.25) is 0 Å². The Bertz CT molecular complexity index is 1350. The number of carboxylic acid groups (broad SMARTS) is 1. The molecule has 0 radical (unpaired) electrons. The molecule has 2 heterocycles. The number of fused-ring (bicyclic) bond motifs is 6. The second kappa shape index (κ2) is 10.00. The molecule has 0 bridgehead atoms. The fraction of sp³-hybridized carbons (Fsp3) is 0.0476. The molecule has 0 N–H and O–H groups in total. The van der Waals surface area contributed by atoms with Crippen molar-refractivity contribution in [1.29, 1.82) is 0 Å². The van der Waals surface area contributed by atoms with Gasteiger partial charge in [-0.3, -0.25) is 0 Å². The van der Waals surface area contributed by atoms with Crippen molar-refractivity contribution in [3.05, 3.63) is 76.0 Å². The molecule has 0 unspecified atom stereocenters. The van der Waals surface area contributed by atoms with E-state index in [0.717, 1.165) is 0 Å². The van der Waals surface area contributed by atoms with Gasteiger partial charge in [-0.15, -0.1) is 0 Å². The minimum absolute atomic E-state index is 0. The fourth-order valence-electron chi connectivity index (χ4n) is 3.93. The topological polar surface area (TPSA) is 122 Å². The summed E-state index contributed by atoms with van der Waals surface area (Å²) < 4.78 is 12.3. The Morgan fingerprint density at radius 1 is 0.853 bits per heavy atom. The number of hydrogen-bond acceptors (Lipinski definition) is 7. The van der Waals surface area contributed by atoms with Crippen LogP contribution in [-0.4, -0.2) is 11.9 Å². The SMILES string of the molecule is O=C([O-])c1ccc2c(c1)C1(OC2=O)c2cc(Br)c([O-])c(Br)c2Oc2c1cc(Br)c([O-])c2Br.[H+].[Na+].[Na+]. The third-order valence-electron chi connectivity index (χ3n) is 5.33. The number of halogens is 4. The molecule has 0 atom stereocenters. The molecule has 5 rings (SSSR count). The quantitative estimate of drug-likeness (QED) is 0.208. The number of hydrogen-bond donors (Lipinski definition) is 0. The monoisotopic (exact) mass is 732 g/mol. The van der Waals surface area contributed by atoms with Crippen molar-refractivity contribution >= 4 is 75.7 Å². The van der Waals surface area contributed by atoms with Gasteiger partial charge in [-0.1, -0.05) is 49.4 Å². The van der Waals surface area contributed by atoms with Crippen molar-refractivity contribution in [2.45, 2.75) is 5.60 Å². The third-order valence-corrected chi connectivity index (χ3v) is 7.94. The van der Waals surface area contributed by atoms with Gasteiger partial charge in [-0.2, -0.15) is 0 Å². The van der Waals surface area contributed by atoms with Gasteiger partial charge in [0.15, 0.2) is 5.60 Å². The number of benzene rings is 3. The van der Waals surface area contributed by atoms with Gasteiger partial charge in [-0.05, 0) is 61.7 Å². The van der Waals surface area contributed by atoms with Gasteiger partial charge in [0.1, 0.15) is 11.5 Å². The summed E-state index contributed by atoms with van der Waals surface area (Å²) >= 11 is 12.9. The van der Waals surface area contributed by atoms with Crippen molar-refractivity contribution < 1.29 is 94.9 Å². The van der Waals surface area contributed by atoms with Gasteiger partial charge in [-0.25, -0.2) is 4.79 Å². The smallest absolute Gasteiger partial charge is 0.871 e. The minimum Gasteiger partial charge on any atom is -0.871 e. The maximum absolute atomic E-state index is 12.9. The molecular weight excluding hydrogens is 730 g/mol. The van der Waals surface area contributed by atoms with Gasteiger partial charge >= 0.3 is 66.5 Å². The molecule has 1 spiro atoms. The summed E-state index contributed by atoms with van der Waals surface area (Å²) in [5, 5.41) is 36.7. The molecule has 7 nitrogen and oxygen atoms in total. The first-order valence-corrected chi connectivity index (χ1v) is 11.9. The first kappa shape index (κ1) is 28.5. The first-order chi connectivity index (χ1) is 15.1. The van der Waals surface area contributed by atoms with Crippen LogP contribution in [0.5, 0.6) is 23.0 Å². The summed E-state index contributed by atoms with van der Waals surface area (Å²) in [6, 6.07) is 6.77. The molecule has 34 heavy (non-hydrogen) atoms. The fourth-order valence-corrected chi connectivity index (χ4v) is 6.33. The van der Waals surface area contributed by atoms with Crippen molar-refractivity contribution in [3.8, 4) is 23.0 Å². The van der Waals surface area contributed by atoms with Crippen LogP contribution in [0.25, 0.3) is 0 Å². The van der Waals surface area contributed by atoms with Gasteiger partial charge in [0.05, 0.1) is 20.5 Å². The Balaban J connectivity index is 0.00000144. The molecule has 3 aromatic carbocycles. The molecule has 2 aliphatic rings. The second-order valence-corrected chi connectivity index (χ2v) is 10.3. The summed E-state index contributed by atoms with van der Waals surface area (Å²) in [7, 11) is 0. The summed E-state index contributed by atoms with van der Waals surface area (Å²) in [4.78, 5) is 24.5. The number of aromatic carboxylic acids is 1. The van der Waals surface area contributed by atoms with E-state index in [1.54, 1.807) is 0 Å². The van der Waals surface area contributed by atoms with Crippen molar-refractivity contribution in [3.63, 3.8) is 0 Å². The molecule has 0 aromatic heterocycles. The van der Waals surface area contributed by atoms with Crippen LogP contribution in [0.1, 0.15) is 38.8 Å². The first-order valence-electron chi connectivity index (χ1n) is 8.74. The van der Waals surface area contributed by atoms with Crippen molar-refractivity contribution in [2.75, 3.05) is 0 Å². The van der Waals surface area contributed by atoms with Crippen molar-refractivity contribution in [1.82, 2.24) is 0 Å². The van der Waals surface area contributed by atoms with Gasteiger partial charge < -0.3 is 29.6 Å². The number of carboxylic acids is 1. The van der Waals surface area contributed by atoms with E-state index in [0.29, 0.717) is 0 Å². The van der Waals surface area contributed by atoms with E-state index in [1.807, 2.05) is 0 Å². The molecule has 0 amide bonds. The van der Waals surface area contributed by atoms with E-state index in [9.17, 15) is 24.9 Å². The maximum Gasteiger partial charge on any atom is 1.00 e. The zero-order valence-electron chi connectivity index (χ0n) is 18.3. The molecule has 0 aliphatic carbocycles. The summed E-state index contributed by atoms with van der Waals surface area (Å²) in [6.07, 6.45) is 0. The molecule has 2 aliphatic heterocycles. The zero-order chi connectivity index (χ0) is 23.1. The van der Waals surface area contributed by atoms with Gasteiger partial charge in [0, 0.05) is 25.6 Å². The van der Waals surface area contributed by atoms with Gasteiger partial charge in [0.2, 0.25) is 0 Å².